The summed E-state index contributed by atoms with van der Waals surface area (Å²) in [6.45, 7) is 4.49. The molecule has 0 amide bonds. The number of hydrogen-bond acceptors (Lipinski definition) is 1. The van der Waals surface area contributed by atoms with E-state index in [1.165, 1.54) is 30.5 Å². The molecule has 14 heavy (non-hydrogen) atoms. The third-order valence-corrected chi connectivity index (χ3v) is 3.22. The highest BCUT2D eigenvalue weighted by Crippen LogP contribution is 2.21. The lowest BCUT2D eigenvalue weighted by atomic mass is 9.96. The Kier molecular flexibility index (Phi) is 3.09. The maximum atomic E-state index is 5.99. The smallest absolute Gasteiger partial charge is 0.0408 e. The van der Waals surface area contributed by atoms with E-state index in [2.05, 4.69) is 24.4 Å². The highest BCUT2D eigenvalue weighted by molar-refractivity contribution is 6.30. The van der Waals surface area contributed by atoms with Gasteiger partial charge in [0.1, 0.15) is 0 Å². The fraction of sp³-hybridized carbons (Fsp3) is 0.500. The van der Waals surface area contributed by atoms with Crippen molar-refractivity contribution in [3.8, 4) is 0 Å². The molecule has 1 fully saturated rings. The topological polar surface area (TPSA) is 12.0 Å². The zero-order valence-electron chi connectivity index (χ0n) is 8.52. The third kappa shape index (κ3) is 2.28. The molecule has 0 spiro atoms. The van der Waals surface area contributed by atoms with E-state index >= 15 is 0 Å². The third-order valence-electron chi connectivity index (χ3n) is 2.98. The van der Waals surface area contributed by atoms with E-state index in [1.807, 2.05) is 6.07 Å². The van der Waals surface area contributed by atoms with Gasteiger partial charge in [-0.3, -0.25) is 0 Å². The molecule has 1 nitrogen and oxygen atoms in total. The molecule has 0 aliphatic carbocycles. The Morgan fingerprint density at radius 1 is 1.50 bits per heavy atom. The molecule has 1 unspecified atom stereocenters. The van der Waals surface area contributed by atoms with Crippen molar-refractivity contribution < 1.29 is 0 Å². The molecular weight excluding hydrogens is 194 g/mol. The normalized spacial score (nSPS) is 21.4. The van der Waals surface area contributed by atoms with Gasteiger partial charge in [0.15, 0.2) is 0 Å². The maximum absolute atomic E-state index is 5.99. The summed E-state index contributed by atoms with van der Waals surface area (Å²) in [4.78, 5) is 0. The first kappa shape index (κ1) is 10.0. The van der Waals surface area contributed by atoms with Crippen molar-refractivity contribution in [1.82, 2.24) is 5.32 Å². The molecule has 1 heterocycles. The second-order valence-electron chi connectivity index (χ2n) is 4.13. The van der Waals surface area contributed by atoms with Gasteiger partial charge in [-0.05, 0) is 62.0 Å². The van der Waals surface area contributed by atoms with Gasteiger partial charge in [-0.1, -0.05) is 17.7 Å². The number of aryl methyl sites for hydroxylation is 1. The SMILES string of the molecule is Cc1ccc(Cl)cc1CC1CCNC1. The molecule has 2 heteroatoms. The van der Waals surface area contributed by atoms with Crippen LogP contribution in [-0.2, 0) is 6.42 Å². The van der Waals surface area contributed by atoms with Crippen LogP contribution in [0.3, 0.4) is 0 Å². The van der Waals surface area contributed by atoms with Gasteiger partial charge in [-0.25, -0.2) is 0 Å². The van der Waals surface area contributed by atoms with Crippen molar-refractivity contribution in [3.05, 3.63) is 34.3 Å². The average Bonchev–Trinajstić information content (AvgIpc) is 2.64. The Morgan fingerprint density at radius 2 is 2.36 bits per heavy atom. The van der Waals surface area contributed by atoms with Crippen LogP contribution in [0.4, 0.5) is 0 Å². The van der Waals surface area contributed by atoms with E-state index in [0.29, 0.717) is 0 Å². The van der Waals surface area contributed by atoms with Gasteiger partial charge in [0.2, 0.25) is 0 Å². The summed E-state index contributed by atoms with van der Waals surface area (Å²) in [6, 6.07) is 6.18. The van der Waals surface area contributed by atoms with Gasteiger partial charge in [-0.2, -0.15) is 0 Å². The Bertz CT molecular complexity index is 316. The first-order valence-electron chi connectivity index (χ1n) is 5.21. The quantitative estimate of drug-likeness (QED) is 0.790. The summed E-state index contributed by atoms with van der Waals surface area (Å²) in [5.41, 5.74) is 2.77. The Labute approximate surface area is 90.5 Å². The molecule has 0 aromatic heterocycles. The van der Waals surface area contributed by atoms with E-state index < -0.39 is 0 Å². The molecule has 0 saturated carbocycles. The second-order valence-corrected chi connectivity index (χ2v) is 4.57. The van der Waals surface area contributed by atoms with Crippen molar-refractivity contribution in [2.45, 2.75) is 19.8 Å². The molecule has 1 aliphatic heterocycles. The Morgan fingerprint density at radius 3 is 3.07 bits per heavy atom. The van der Waals surface area contributed by atoms with Gasteiger partial charge < -0.3 is 5.32 Å². The molecule has 1 N–H and O–H groups in total. The summed E-state index contributed by atoms with van der Waals surface area (Å²) in [5.74, 6) is 0.798. The zero-order valence-corrected chi connectivity index (χ0v) is 9.27. The first-order valence-corrected chi connectivity index (χ1v) is 5.59. The molecule has 76 valence electrons. The van der Waals surface area contributed by atoms with Gasteiger partial charge in [0, 0.05) is 5.02 Å². The summed E-state index contributed by atoms with van der Waals surface area (Å²) < 4.78 is 0. The fourth-order valence-electron chi connectivity index (χ4n) is 2.06. The van der Waals surface area contributed by atoms with E-state index in [-0.39, 0.29) is 0 Å². The second kappa shape index (κ2) is 4.33. The molecule has 1 aromatic rings. The molecule has 1 aromatic carbocycles. The number of benzene rings is 1. The molecule has 2 rings (SSSR count). The van der Waals surface area contributed by atoms with Gasteiger partial charge in [-0.15, -0.1) is 0 Å². The van der Waals surface area contributed by atoms with Gasteiger partial charge in [0.25, 0.3) is 0 Å². The molecule has 1 aliphatic rings. The minimum atomic E-state index is 0.798. The Balaban J connectivity index is 2.10. The van der Waals surface area contributed by atoms with Crippen LogP contribution in [0.5, 0.6) is 0 Å². The van der Waals surface area contributed by atoms with Crippen molar-refractivity contribution >= 4 is 11.6 Å². The van der Waals surface area contributed by atoms with Crippen molar-refractivity contribution in [1.29, 1.82) is 0 Å². The van der Waals surface area contributed by atoms with E-state index in [1.54, 1.807) is 0 Å². The minimum Gasteiger partial charge on any atom is -0.316 e. The standard InChI is InChI=1S/C12H16ClN/c1-9-2-3-12(13)7-11(9)6-10-4-5-14-8-10/h2-3,7,10,14H,4-6,8H2,1H3. The van der Waals surface area contributed by atoms with Crippen molar-refractivity contribution in [2.75, 3.05) is 13.1 Å². The monoisotopic (exact) mass is 209 g/mol. The largest absolute Gasteiger partial charge is 0.316 e. The highest BCUT2D eigenvalue weighted by atomic mass is 35.5. The summed E-state index contributed by atoms with van der Waals surface area (Å²) >= 11 is 5.99. The Hall–Kier alpha value is -0.530. The van der Waals surface area contributed by atoms with E-state index in [9.17, 15) is 0 Å². The van der Waals surface area contributed by atoms with E-state index in [0.717, 1.165) is 17.5 Å². The summed E-state index contributed by atoms with van der Waals surface area (Å²) in [7, 11) is 0. The highest BCUT2D eigenvalue weighted by Gasteiger charge is 2.15. The molecular formula is C12H16ClN. The maximum Gasteiger partial charge on any atom is 0.0408 e. The number of halogens is 1. The van der Waals surface area contributed by atoms with Crippen molar-refractivity contribution in [2.24, 2.45) is 5.92 Å². The van der Waals surface area contributed by atoms with Crippen LogP contribution in [0.25, 0.3) is 0 Å². The van der Waals surface area contributed by atoms with Crippen LogP contribution in [0, 0.1) is 12.8 Å². The lowest BCUT2D eigenvalue weighted by Crippen LogP contribution is -2.11. The lowest BCUT2D eigenvalue weighted by Gasteiger charge is -2.11. The minimum absolute atomic E-state index is 0.798. The van der Waals surface area contributed by atoms with Gasteiger partial charge >= 0.3 is 0 Å². The molecule has 1 atom stereocenters. The summed E-state index contributed by atoms with van der Waals surface area (Å²) in [6.07, 6.45) is 2.46. The van der Waals surface area contributed by atoms with Gasteiger partial charge in [0.05, 0.1) is 0 Å². The average molecular weight is 210 g/mol. The number of hydrogen-bond donors (Lipinski definition) is 1. The number of rotatable bonds is 2. The van der Waals surface area contributed by atoms with Crippen molar-refractivity contribution in [3.63, 3.8) is 0 Å². The molecule has 0 radical (unpaired) electrons. The fourth-order valence-corrected chi connectivity index (χ4v) is 2.25. The van der Waals surface area contributed by atoms with Crippen LogP contribution < -0.4 is 5.32 Å². The van der Waals surface area contributed by atoms with Crippen LogP contribution in [0.2, 0.25) is 5.02 Å². The first-order chi connectivity index (χ1) is 6.75. The zero-order chi connectivity index (χ0) is 9.97. The van der Waals surface area contributed by atoms with Crippen LogP contribution in [0.1, 0.15) is 17.5 Å². The van der Waals surface area contributed by atoms with E-state index in [4.69, 9.17) is 11.6 Å². The predicted molar refractivity (Wildman–Crippen MR) is 60.9 cm³/mol. The molecule has 0 bridgehead atoms. The number of nitrogens with one attached hydrogen (secondary N) is 1. The van der Waals surface area contributed by atoms with Crippen LogP contribution in [0.15, 0.2) is 18.2 Å². The lowest BCUT2D eigenvalue weighted by molar-refractivity contribution is 0.578. The van der Waals surface area contributed by atoms with Crippen LogP contribution >= 0.6 is 11.6 Å². The predicted octanol–water partition coefficient (Wildman–Crippen LogP) is 2.80. The molecule has 1 saturated heterocycles. The van der Waals surface area contributed by atoms with Crippen LogP contribution in [-0.4, -0.2) is 13.1 Å². The summed E-state index contributed by atoms with van der Waals surface area (Å²) in [5, 5.41) is 4.25.